The molecular formula is C15H20N2O3. The topological polar surface area (TPSA) is 60.9 Å². The molecule has 1 atom stereocenters. The predicted octanol–water partition coefficient (Wildman–Crippen LogP) is 1.97. The second kappa shape index (κ2) is 5.94. The number of amides is 1. The molecule has 0 spiro atoms. The van der Waals surface area contributed by atoms with Gasteiger partial charge in [-0.05, 0) is 44.5 Å². The molecule has 1 aromatic carbocycles. The van der Waals surface area contributed by atoms with Gasteiger partial charge >= 0.3 is 5.97 Å². The molecule has 20 heavy (non-hydrogen) atoms. The highest BCUT2D eigenvalue weighted by molar-refractivity contribution is 6.07. The summed E-state index contributed by atoms with van der Waals surface area (Å²) < 4.78 is 0. The lowest BCUT2D eigenvalue weighted by atomic mass is 10.1. The quantitative estimate of drug-likeness (QED) is 0.835. The van der Waals surface area contributed by atoms with Crippen molar-refractivity contribution in [1.29, 1.82) is 0 Å². The molecule has 0 aliphatic carbocycles. The Kier molecular flexibility index (Phi) is 4.27. The van der Waals surface area contributed by atoms with Crippen LogP contribution >= 0.6 is 0 Å². The lowest BCUT2D eigenvalue weighted by Gasteiger charge is -2.22. The van der Waals surface area contributed by atoms with Crippen LogP contribution in [0, 0.1) is 5.92 Å². The molecule has 5 heteroatoms. The van der Waals surface area contributed by atoms with Gasteiger partial charge in [-0.2, -0.15) is 0 Å². The van der Waals surface area contributed by atoms with Crippen LogP contribution in [-0.4, -0.2) is 36.6 Å². The number of nitrogens with zero attached hydrogens (tertiary/aromatic N) is 2. The van der Waals surface area contributed by atoms with E-state index in [1.54, 1.807) is 4.90 Å². The van der Waals surface area contributed by atoms with Gasteiger partial charge in [-0.15, -0.1) is 0 Å². The van der Waals surface area contributed by atoms with Crippen LogP contribution in [0.4, 0.5) is 11.4 Å². The first kappa shape index (κ1) is 14.4. The van der Waals surface area contributed by atoms with Gasteiger partial charge in [0.05, 0.1) is 0 Å². The first-order valence-corrected chi connectivity index (χ1v) is 6.97. The molecule has 1 amide bonds. The van der Waals surface area contributed by atoms with Crippen LogP contribution in [-0.2, 0) is 9.59 Å². The van der Waals surface area contributed by atoms with Gasteiger partial charge in [-0.25, -0.2) is 0 Å². The number of anilines is 2. The number of rotatable bonds is 5. The largest absolute Gasteiger partial charge is 0.481 e. The van der Waals surface area contributed by atoms with Gasteiger partial charge in [-0.1, -0.05) is 0 Å². The van der Waals surface area contributed by atoms with Gasteiger partial charge in [0, 0.05) is 31.0 Å². The Morgan fingerprint density at radius 2 is 1.90 bits per heavy atom. The van der Waals surface area contributed by atoms with Crippen molar-refractivity contribution in [2.24, 2.45) is 5.92 Å². The van der Waals surface area contributed by atoms with Gasteiger partial charge in [0.1, 0.15) is 5.92 Å². The molecule has 1 unspecified atom stereocenters. The van der Waals surface area contributed by atoms with E-state index in [1.165, 1.54) is 0 Å². The van der Waals surface area contributed by atoms with Crippen molar-refractivity contribution in [3.05, 3.63) is 24.3 Å². The van der Waals surface area contributed by atoms with Crippen molar-refractivity contribution < 1.29 is 14.7 Å². The van der Waals surface area contributed by atoms with Crippen LogP contribution in [0.5, 0.6) is 0 Å². The fraction of sp³-hybridized carbons (Fsp3) is 0.467. The molecule has 108 valence electrons. The smallest absolute Gasteiger partial charge is 0.316 e. The lowest BCUT2D eigenvalue weighted by Crippen LogP contribution is -2.30. The summed E-state index contributed by atoms with van der Waals surface area (Å²) in [6.07, 6.45) is 0.381. The van der Waals surface area contributed by atoms with Crippen molar-refractivity contribution in [2.75, 3.05) is 29.4 Å². The second-order valence-corrected chi connectivity index (χ2v) is 4.86. The average Bonchev–Trinajstić information content (AvgIpc) is 2.83. The van der Waals surface area contributed by atoms with Crippen LogP contribution in [0.3, 0.4) is 0 Å². The van der Waals surface area contributed by atoms with E-state index < -0.39 is 11.9 Å². The Hall–Kier alpha value is -2.04. The maximum atomic E-state index is 12.0. The minimum atomic E-state index is -1.03. The summed E-state index contributed by atoms with van der Waals surface area (Å²) in [5.74, 6) is -2.23. The Bertz CT molecular complexity index is 494. The predicted molar refractivity (Wildman–Crippen MR) is 78.1 cm³/mol. The highest BCUT2D eigenvalue weighted by Gasteiger charge is 2.37. The van der Waals surface area contributed by atoms with Crippen molar-refractivity contribution >= 4 is 23.3 Å². The normalized spacial score (nSPS) is 18.4. The summed E-state index contributed by atoms with van der Waals surface area (Å²) in [7, 11) is 0. The summed E-state index contributed by atoms with van der Waals surface area (Å²) in [5.41, 5.74) is 1.88. The maximum Gasteiger partial charge on any atom is 0.316 e. The van der Waals surface area contributed by atoms with Crippen molar-refractivity contribution in [1.82, 2.24) is 0 Å². The van der Waals surface area contributed by atoms with Crippen molar-refractivity contribution in [2.45, 2.75) is 20.3 Å². The maximum absolute atomic E-state index is 12.0. The summed E-state index contributed by atoms with van der Waals surface area (Å²) >= 11 is 0. The summed E-state index contributed by atoms with van der Waals surface area (Å²) in [4.78, 5) is 26.7. The molecule has 0 radical (unpaired) electrons. The molecule has 1 aliphatic rings. The first-order chi connectivity index (χ1) is 9.58. The summed E-state index contributed by atoms with van der Waals surface area (Å²) in [6.45, 7) is 6.53. The van der Waals surface area contributed by atoms with E-state index in [0.717, 1.165) is 24.5 Å². The molecule has 1 aliphatic heterocycles. The second-order valence-electron chi connectivity index (χ2n) is 4.86. The monoisotopic (exact) mass is 276 g/mol. The van der Waals surface area contributed by atoms with E-state index in [9.17, 15) is 9.59 Å². The summed E-state index contributed by atoms with van der Waals surface area (Å²) in [6, 6.07) is 7.72. The third kappa shape index (κ3) is 2.61. The van der Waals surface area contributed by atoms with Crippen LogP contribution in [0.15, 0.2) is 24.3 Å². The zero-order valence-electron chi connectivity index (χ0n) is 11.9. The van der Waals surface area contributed by atoms with Gasteiger partial charge < -0.3 is 14.9 Å². The van der Waals surface area contributed by atoms with E-state index in [1.807, 2.05) is 24.3 Å². The fourth-order valence-electron chi connectivity index (χ4n) is 2.60. The number of benzene rings is 1. The van der Waals surface area contributed by atoms with Crippen LogP contribution < -0.4 is 9.80 Å². The van der Waals surface area contributed by atoms with E-state index in [4.69, 9.17) is 5.11 Å². The molecule has 5 nitrogen and oxygen atoms in total. The highest BCUT2D eigenvalue weighted by Crippen LogP contribution is 2.27. The van der Waals surface area contributed by atoms with Crippen molar-refractivity contribution in [3.8, 4) is 0 Å². The van der Waals surface area contributed by atoms with E-state index in [2.05, 4.69) is 18.7 Å². The van der Waals surface area contributed by atoms with Gasteiger partial charge in [-0.3, -0.25) is 9.59 Å². The molecule has 1 N–H and O–H groups in total. The zero-order chi connectivity index (χ0) is 14.7. The molecule has 2 rings (SSSR count). The van der Waals surface area contributed by atoms with E-state index in [-0.39, 0.29) is 5.91 Å². The van der Waals surface area contributed by atoms with Crippen molar-refractivity contribution in [3.63, 3.8) is 0 Å². The van der Waals surface area contributed by atoms with Crippen LogP contribution in [0.25, 0.3) is 0 Å². The number of carbonyl (C=O) groups excluding carboxylic acids is 1. The first-order valence-electron chi connectivity index (χ1n) is 6.97. The third-order valence-electron chi connectivity index (χ3n) is 3.79. The Balaban J connectivity index is 2.15. The number of carboxylic acid groups (broad SMARTS) is 1. The zero-order valence-corrected chi connectivity index (χ0v) is 11.9. The minimum Gasteiger partial charge on any atom is -0.481 e. The fourth-order valence-corrected chi connectivity index (χ4v) is 2.60. The molecule has 0 aromatic heterocycles. The van der Waals surface area contributed by atoms with Crippen LogP contribution in [0.1, 0.15) is 20.3 Å². The van der Waals surface area contributed by atoms with Crippen LogP contribution in [0.2, 0.25) is 0 Å². The number of carboxylic acids is 1. The number of hydrogen-bond acceptors (Lipinski definition) is 3. The number of hydrogen-bond donors (Lipinski definition) is 1. The minimum absolute atomic E-state index is 0.312. The molecule has 1 fully saturated rings. The Labute approximate surface area is 118 Å². The lowest BCUT2D eigenvalue weighted by molar-refractivity contribution is -0.144. The molecule has 0 bridgehead atoms. The number of aliphatic carboxylic acids is 1. The molecule has 1 aromatic rings. The van der Waals surface area contributed by atoms with E-state index >= 15 is 0 Å². The van der Waals surface area contributed by atoms with Gasteiger partial charge in [0.25, 0.3) is 0 Å². The summed E-state index contributed by atoms with van der Waals surface area (Å²) in [5, 5.41) is 8.97. The van der Waals surface area contributed by atoms with E-state index in [0.29, 0.717) is 13.0 Å². The SMILES string of the molecule is CCN(CC)c1ccc(N2CCC(C(=O)O)C2=O)cc1. The highest BCUT2D eigenvalue weighted by atomic mass is 16.4. The molecular weight excluding hydrogens is 256 g/mol. The Morgan fingerprint density at radius 1 is 1.30 bits per heavy atom. The third-order valence-corrected chi connectivity index (χ3v) is 3.79. The molecule has 1 saturated heterocycles. The van der Waals surface area contributed by atoms with Gasteiger partial charge in [0.2, 0.25) is 5.91 Å². The molecule has 1 heterocycles. The average molecular weight is 276 g/mol. The number of carbonyl (C=O) groups is 2. The van der Waals surface area contributed by atoms with Gasteiger partial charge in [0.15, 0.2) is 0 Å². The standard InChI is InChI=1S/C15H20N2O3/c1-3-16(4-2)11-5-7-12(8-6-11)17-10-9-13(14(17)18)15(19)20/h5-8,13H,3-4,9-10H2,1-2H3,(H,19,20). The molecule has 0 saturated carbocycles. The Morgan fingerprint density at radius 3 is 2.35 bits per heavy atom.